The van der Waals surface area contributed by atoms with E-state index in [1.807, 2.05) is 30.3 Å². The number of hydrogen-bond acceptors (Lipinski definition) is 6. The van der Waals surface area contributed by atoms with E-state index in [0.29, 0.717) is 6.41 Å². The third-order valence-electron chi connectivity index (χ3n) is 3.38. The van der Waals surface area contributed by atoms with Crippen molar-refractivity contribution in [3.63, 3.8) is 0 Å². The highest BCUT2D eigenvalue weighted by Gasteiger charge is 2.23. The Labute approximate surface area is 145 Å². The molecule has 0 fully saturated rings. The molecule has 136 valence electrons. The van der Waals surface area contributed by atoms with Crippen LogP contribution in [0.2, 0.25) is 0 Å². The molecule has 1 aromatic rings. The number of ether oxygens (including phenoxy) is 2. The van der Waals surface area contributed by atoms with E-state index in [4.69, 9.17) is 4.74 Å². The van der Waals surface area contributed by atoms with E-state index < -0.39 is 29.9 Å². The number of amides is 2. The van der Waals surface area contributed by atoms with E-state index >= 15 is 0 Å². The Kier molecular flexibility index (Phi) is 8.70. The van der Waals surface area contributed by atoms with Gasteiger partial charge in [0.2, 0.25) is 12.3 Å². The van der Waals surface area contributed by atoms with Crippen LogP contribution in [0.4, 0.5) is 0 Å². The number of benzene rings is 1. The quantitative estimate of drug-likeness (QED) is 0.464. The van der Waals surface area contributed by atoms with E-state index in [0.717, 1.165) is 5.56 Å². The van der Waals surface area contributed by atoms with Crippen molar-refractivity contribution in [1.82, 2.24) is 10.6 Å². The molecular weight excluding hydrogens is 328 g/mol. The van der Waals surface area contributed by atoms with Gasteiger partial charge in [-0.2, -0.15) is 0 Å². The Balaban J connectivity index is 2.45. The van der Waals surface area contributed by atoms with Crippen molar-refractivity contribution in [2.24, 2.45) is 0 Å². The second-order valence-electron chi connectivity index (χ2n) is 5.28. The molecule has 0 bridgehead atoms. The average Bonchev–Trinajstić information content (AvgIpc) is 2.63. The molecule has 0 aliphatic carbocycles. The zero-order chi connectivity index (χ0) is 18.7. The van der Waals surface area contributed by atoms with Gasteiger partial charge in [0.1, 0.15) is 18.7 Å². The summed E-state index contributed by atoms with van der Waals surface area (Å²) < 4.78 is 9.62. The Hall–Kier alpha value is -2.90. The molecule has 8 heteroatoms. The van der Waals surface area contributed by atoms with E-state index in [2.05, 4.69) is 15.4 Å². The Morgan fingerprint density at radius 1 is 1.20 bits per heavy atom. The summed E-state index contributed by atoms with van der Waals surface area (Å²) in [6.07, 6.45) is 0.354. The molecule has 2 N–H and O–H groups in total. The first-order valence-corrected chi connectivity index (χ1v) is 7.75. The minimum atomic E-state index is -0.950. The van der Waals surface area contributed by atoms with Crippen LogP contribution in [-0.2, 0) is 35.3 Å². The fourth-order valence-electron chi connectivity index (χ4n) is 1.99. The molecule has 0 aliphatic heterocycles. The highest BCUT2D eigenvalue weighted by molar-refractivity contribution is 5.88. The lowest BCUT2D eigenvalue weighted by Gasteiger charge is -2.18. The van der Waals surface area contributed by atoms with Crippen LogP contribution in [0.5, 0.6) is 0 Å². The standard InChI is InChI=1S/C17H22N2O6/c1-12(17(23)24-2)19-16(22)14(18-11-20)8-9-15(21)25-10-13-6-4-3-5-7-13/h3-7,11-12,14H,8-10H2,1-2H3,(H,18,20)(H,19,22)/t12-,14-/m0/s1. The van der Waals surface area contributed by atoms with Crippen molar-refractivity contribution in [2.75, 3.05) is 7.11 Å². The van der Waals surface area contributed by atoms with Crippen molar-refractivity contribution in [2.45, 2.75) is 38.5 Å². The zero-order valence-corrected chi connectivity index (χ0v) is 14.2. The second kappa shape index (κ2) is 10.8. The molecule has 2 atom stereocenters. The van der Waals surface area contributed by atoms with Gasteiger partial charge in [0.15, 0.2) is 0 Å². The third kappa shape index (κ3) is 7.47. The fourth-order valence-corrected chi connectivity index (χ4v) is 1.99. The Morgan fingerprint density at radius 3 is 2.48 bits per heavy atom. The highest BCUT2D eigenvalue weighted by atomic mass is 16.5. The summed E-state index contributed by atoms with van der Waals surface area (Å²) in [7, 11) is 1.20. The van der Waals surface area contributed by atoms with Crippen LogP contribution in [0.3, 0.4) is 0 Å². The Bertz CT molecular complexity index is 590. The van der Waals surface area contributed by atoms with Gasteiger partial charge >= 0.3 is 11.9 Å². The first kappa shape index (κ1) is 20.1. The van der Waals surface area contributed by atoms with Gasteiger partial charge in [-0.05, 0) is 18.9 Å². The fraction of sp³-hybridized carbons (Fsp3) is 0.412. The van der Waals surface area contributed by atoms with Gasteiger partial charge in [-0.25, -0.2) is 4.79 Å². The minimum absolute atomic E-state index is 0.0477. The van der Waals surface area contributed by atoms with Gasteiger partial charge in [-0.1, -0.05) is 30.3 Å². The monoisotopic (exact) mass is 350 g/mol. The molecule has 0 spiro atoms. The summed E-state index contributed by atoms with van der Waals surface area (Å²) in [6.45, 7) is 1.59. The molecule has 0 aromatic heterocycles. The summed E-state index contributed by atoms with van der Waals surface area (Å²) in [5.41, 5.74) is 0.850. The highest BCUT2D eigenvalue weighted by Crippen LogP contribution is 2.05. The van der Waals surface area contributed by atoms with Gasteiger partial charge in [0.05, 0.1) is 7.11 Å². The number of nitrogens with one attached hydrogen (secondary N) is 2. The van der Waals surface area contributed by atoms with Crippen LogP contribution in [-0.4, -0.2) is 43.4 Å². The smallest absolute Gasteiger partial charge is 0.328 e. The predicted octanol–water partition coefficient (Wildman–Crippen LogP) is 0.302. The molecule has 25 heavy (non-hydrogen) atoms. The summed E-state index contributed by atoms with van der Waals surface area (Å²) in [5.74, 6) is -1.68. The van der Waals surface area contributed by atoms with Crippen LogP contribution in [0.15, 0.2) is 30.3 Å². The summed E-state index contributed by atoms with van der Waals surface area (Å²) in [6, 6.07) is 7.36. The number of carbonyl (C=O) groups excluding carboxylic acids is 4. The maximum absolute atomic E-state index is 12.1. The molecule has 0 unspecified atom stereocenters. The van der Waals surface area contributed by atoms with Crippen LogP contribution >= 0.6 is 0 Å². The summed E-state index contributed by atoms with van der Waals surface area (Å²) in [5, 5.41) is 4.73. The van der Waals surface area contributed by atoms with Crippen LogP contribution in [0, 0.1) is 0 Å². The molecule has 1 rings (SSSR count). The van der Waals surface area contributed by atoms with E-state index in [1.165, 1.54) is 14.0 Å². The van der Waals surface area contributed by atoms with Crippen molar-refractivity contribution < 1.29 is 28.7 Å². The number of methoxy groups -OCH3 is 1. The van der Waals surface area contributed by atoms with Crippen LogP contribution in [0.1, 0.15) is 25.3 Å². The first-order chi connectivity index (χ1) is 12.0. The SMILES string of the molecule is COC(=O)[C@H](C)NC(=O)[C@H](CCC(=O)OCc1ccccc1)NC=O. The molecule has 8 nitrogen and oxygen atoms in total. The molecule has 0 aliphatic rings. The lowest BCUT2D eigenvalue weighted by molar-refractivity contribution is -0.146. The molecule has 0 saturated heterocycles. The number of carbonyl (C=O) groups is 4. The number of esters is 2. The largest absolute Gasteiger partial charge is 0.467 e. The van der Waals surface area contributed by atoms with Crippen molar-refractivity contribution in [3.8, 4) is 0 Å². The lowest BCUT2D eigenvalue weighted by atomic mass is 10.1. The van der Waals surface area contributed by atoms with Crippen molar-refractivity contribution in [1.29, 1.82) is 0 Å². The minimum Gasteiger partial charge on any atom is -0.467 e. The lowest BCUT2D eigenvalue weighted by Crippen LogP contribution is -2.49. The molecule has 2 amide bonds. The van der Waals surface area contributed by atoms with Gasteiger partial charge in [-0.3, -0.25) is 14.4 Å². The van der Waals surface area contributed by atoms with Crippen LogP contribution in [0.25, 0.3) is 0 Å². The second-order valence-corrected chi connectivity index (χ2v) is 5.28. The normalized spacial score (nSPS) is 12.4. The number of rotatable bonds is 10. The van der Waals surface area contributed by atoms with Gasteiger partial charge in [0.25, 0.3) is 0 Å². The number of hydrogen-bond donors (Lipinski definition) is 2. The van der Waals surface area contributed by atoms with Crippen molar-refractivity contribution >= 4 is 24.3 Å². The topological polar surface area (TPSA) is 111 Å². The van der Waals surface area contributed by atoms with Gasteiger partial charge < -0.3 is 20.1 Å². The maximum atomic E-state index is 12.1. The first-order valence-electron chi connectivity index (χ1n) is 7.75. The van der Waals surface area contributed by atoms with Crippen LogP contribution < -0.4 is 10.6 Å². The average molecular weight is 350 g/mol. The molecule has 1 aromatic carbocycles. The van der Waals surface area contributed by atoms with Crippen molar-refractivity contribution in [3.05, 3.63) is 35.9 Å². The molecular formula is C17H22N2O6. The molecule has 0 radical (unpaired) electrons. The van der Waals surface area contributed by atoms with E-state index in [9.17, 15) is 19.2 Å². The summed E-state index contributed by atoms with van der Waals surface area (Å²) >= 11 is 0. The molecule has 0 saturated carbocycles. The third-order valence-corrected chi connectivity index (χ3v) is 3.38. The Morgan fingerprint density at radius 2 is 1.88 bits per heavy atom. The zero-order valence-electron chi connectivity index (χ0n) is 14.2. The molecule has 0 heterocycles. The summed E-state index contributed by atoms with van der Waals surface area (Å²) in [4.78, 5) is 45.8. The van der Waals surface area contributed by atoms with E-state index in [1.54, 1.807) is 0 Å². The predicted molar refractivity (Wildman–Crippen MR) is 88.1 cm³/mol. The van der Waals surface area contributed by atoms with Gasteiger partial charge in [0, 0.05) is 6.42 Å². The van der Waals surface area contributed by atoms with E-state index in [-0.39, 0.29) is 19.4 Å². The maximum Gasteiger partial charge on any atom is 0.328 e. The van der Waals surface area contributed by atoms with Gasteiger partial charge in [-0.15, -0.1) is 0 Å².